The van der Waals surface area contributed by atoms with Crippen LogP contribution in [-0.4, -0.2) is 40.5 Å². The van der Waals surface area contributed by atoms with Crippen LogP contribution in [0.25, 0.3) is 0 Å². The number of anilines is 2. The molecule has 0 saturated heterocycles. The number of ether oxygens (including phenoxy) is 4. The Bertz CT molecular complexity index is 840. The Kier molecular flexibility index (Phi) is 8.21. The SMILES string of the molecule is CCN(CC)c1ccc(NC(=O)OC(C)c2c(OC)cc(OC)cc2OC)c(C)c1. The summed E-state index contributed by atoms with van der Waals surface area (Å²) in [7, 11) is 4.66. The Labute approximate surface area is 178 Å². The number of nitrogens with zero attached hydrogens (tertiary/aromatic N) is 1. The number of nitrogens with one attached hydrogen (secondary N) is 1. The van der Waals surface area contributed by atoms with Crippen molar-refractivity contribution in [2.75, 3.05) is 44.6 Å². The number of hydrogen-bond donors (Lipinski definition) is 1. The number of benzene rings is 2. The summed E-state index contributed by atoms with van der Waals surface area (Å²) in [4.78, 5) is 14.8. The van der Waals surface area contributed by atoms with Crippen LogP contribution in [0.15, 0.2) is 30.3 Å². The molecule has 1 unspecified atom stereocenters. The molecule has 1 amide bonds. The summed E-state index contributed by atoms with van der Waals surface area (Å²) in [6.07, 6.45) is -1.16. The van der Waals surface area contributed by atoms with Crippen LogP contribution < -0.4 is 24.4 Å². The fraction of sp³-hybridized carbons (Fsp3) is 0.435. The zero-order chi connectivity index (χ0) is 22.3. The molecule has 0 bridgehead atoms. The summed E-state index contributed by atoms with van der Waals surface area (Å²) in [5.74, 6) is 1.63. The highest BCUT2D eigenvalue weighted by Gasteiger charge is 2.23. The smallest absolute Gasteiger partial charge is 0.412 e. The van der Waals surface area contributed by atoms with Crippen LogP contribution in [0.5, 0.6) is 17.2 Å². The molecule has 0 aliphatic carbocycles. The van der Waals surface area contributed by atoms with E-state index in [4.69, 9.17) is 18.9 Å². The molecule has 7 nitrogen and oxygen atoms in total. The van der Waals surface area contributed by atoms with E-state index in [-0.39, 0.29) is 0 Å². The van der Waals surface area contributed by atoms with E-state index in [1.807, 2.05) is 19.1 Å². The van der Waals surface area contributed by atoms with Gasteiger partial charge in [0.25, 0.3) is 0 Å². The summed E-state index contributed by atoms with van der Waals surface area (Å²) >= 11 is 0. The van der Waals surface area contributed by atoms with Crippen LogP contribution >= 0.6 is 0 Å². The van der Waals surface area contributed by atoms with Crippen LogP contribution in [0.3, 0.4) is 0 Å². The van der Waals surface area contributed by atoms with Gasteiger partial charge >= 0.3 is 6.09 Å². The van der Waals surface area contributed by atoms with Gasteiger partial charge in [0.05, 0.1) is 26.9 Å². The zero-order valence-corrected chi connectivity index (χ0v) is 18.9. The lowest BCUT2D eigenvalue weighted by Gasteiger charge is -2.23. The van der Waals surface area contributed by atoms with Crippen LogP contribution in [0.2, 0.25) is 0 Å². The molecule has 7 heteroatoms. The largest absolute Gasteiger partial charge is 0.496 e. The van der Waals surface area contributed by atoms with Crippen molar-refractivity contribution < 1.29 is 23.7 Å². The highest BCUT2D eigenvalue weighted by Crippen LogP contribution is 2.39. The molecular formula is C23H32N2O5. The van der Waals surface area contributed by atoms with E-state index in [1.54, 1.807) is 40.4 Å². The van der Waals surface area contributed by atoms with Crippen LogP contribution in [0, 0.1) is 6.92 Å². The van der Waals surface area contributed by atoms with Crippen molar-refractivity contribution >= 4 is 17.5 Å². The van der Waals surface area contributed by atoms with Crippen LogP contribution in [-0.2, 0) is 4.74 Å². The average molecular weight is 417 g/mol. The van der Waals surface area contributed by atoms with Crippen molar-refractivity contribution in [3.05, 3.63) is 41.5 Å². The van der Waals surface area contributed by atoms with Crippen molar-refractivity contribution in [2.45, 2.75) is 33.8 Å². The van der Waals surface area contributed by atoms with E-state index in [0.717, 1.165) is 24.3 Å². The van der Waals surface area contributed by atoms with Crippen LogP contribution in [0.1, 0.15) is 38.0 Å². The molecule has 1 atom stereocenters. The Morgan fingerprint density at radius 1 is 1.00 bits per heavy atom. The maximum absolute atomic E-state index is 12.6. The Morgan fingerprint density at radius 3 is 2.07 bits per heavy atom. The molecule has 2 rings (SSSR count). The third-order valence-corrected chi connectivity index (χ3v) is 5.02. The second-order valence-corrected chi connectivity index (χ2v) is 6.79. The highest BCUT2D eigenvalue weighted by atomic mass is 16.6. The maximum atomic E-state index is 12.6. The van der Waals surface area contributed by atoms with Gasteiger partial charge in [0.2, 0.25) is 0 Å². The fourth-order valence-corrected chi connectivity index (χ4v) is 3.37. The molecule has 0 saturated carbocycles. The average Bonchev–Trinajstić information content (AvgIpc) is 2.75. The molecule has 0 heterocycles. The first-order chi connectivity index (χ1) is 14.4. The van der Waals surface area contributed by atoms with E-state index < -0.39 is 12.2 Å². The lowest BCUT2D eigenvalue weighted by atomic mass is 10.1. The van der Waals surface area contributed by atoms with Crippen molar-refractivity contribution in [1.29, 1.82) is 0 Å². The summed E-state index contributed by atoms with van der Waals surface area (Å²) < 4.78 is 21.8. The van der Waals surface area contributed by atoms with Gasteiger partial charge in [-0.15, -0.1) is 0 Å². The quantitative estimate of drug-likeness (QED) is 0.608. The molecule has 1 N–H and O–H groups in total. The molecule has 0 aliphatic heterocycles. The number of amides is 1. The maximum Gasteiger partial charge on any atom is 0.412 e. The molecular weight excluding hydrogens is 384 g/mol. The predicted molar refractivity (Wildman–Crippen MR) is 119 cm³/mol. The minimum Gasteiger partial charge on any atom is -0.496 e. The van der Waals surface area contributed by atoms with Crippen molar-refractivity contribution in [1.82, 2.24) is 0 Å². The van der Waals surface area contributed by atoms with E-state index in [2.05, 4.69) is 30.1 Å². The van der Waals surface area contributed by atoms with Gasteiger partial charge in [-0.05, 0) is 51.5 Å². The lowest BCUT2D eigenvalue weighted by Crippen LogP contribution is -2.22. The minimum atomic E-state index is -0.601. The fourth-order valence-electron chi connectivity index (χ4n) is 3.37. The Hall–Kier alpha value is -3.09. The molecule has 0 aromatic heterocycles. The minimum absolute atomic E-state index is 0.520. The summed E-state index contributed by atoms with van der Waals surface area (Å²) in [5.41, 5.74) is 3.42. The highest BCUT2D eigenvalue weighted by molar-refractivity contribution is 5.86. The molecule has 0 spiro atoms. The van der Waals surface area contributed by atoms with Gasteiger partial charge in [-0.3, -0.25) is 5.32 Å². The normalized spacial score (nSPS) is 11.4. The third-order valence-electron chi connectivity index (χ3n) is 5.02. The molecule has 0 aliphatic rings. The van der Waals surface area contributed by atoms with E-state index in [0.29, 0.717) is 28.5 Å². The first-order valence-electron chi connectivity index (χ1n) is 10.0. The number of hydrogen-bond acceptors (Lipinski definition) is 6. The standard InChI is InChI=1S/C23H32N2O5/c1-8-25(9-2)17-10-11-19(15(3)12-17)24-23(26)30-16(4)22-20(28-6)13-18(27-5)14-21(22)29-7/h10-14,16H,8-9H2,1-7H3,(H,24,26). The number of rotatable bonds is 9. The van der Waals surface area contributed by atoms with Crippen molar-refractivity contribution in [2.24, 2.45) is 0 Å². The van der Waals surface area contributed by atoms with E-state index in [1.165, 1.54) is 0 Å². The molecule has 2 aromatic carbocycles. The second-order valence-electron chi connectivity index (χ2n) is 6.79. The van der Waals surface area contributed by atoms with Crippen molar-refractivity contribution in [3.63, 3.8) is 0 Å². The molecule has 2 aromatic rings. The van der Waals surface area contributed by atoms with Gasteiger partial charge in [-0.2, -0.15) is 0 Å². The van der Waals surface area contributed by atoms with Crippen LogP contribution in [0.4, 0.5) is 16.2 Å². The zero-order valence-electron chi connectivity index (χ0n) is 18.9. The number of carbonyl (C=O) groups excluding carboxylic acids is 1. The summed E-state index contributed by atoms with van der Waals surface area (Å²) in [6, 6.07) is 9.40. The first-order valence-corrected chi connectivity index (χ1v) is 10.0. The Morgan fingerprint density at radius 2 is 1.60 bits per heavy atom. The van der Waals surface area contributed by atoms with E-state index >= 15 is 0 Å². The monoisotopic (exact) mass is 416 g/mol. The lowest BCUT2D eigenvalue weighted by molar-refractivity contribution is 0.117. The van der Waals surface area contributed by atoms with Gasteiger partial charge in [0.1, 0.15) is 23.4 Å². The predicted octanol–water partition coefficient (Wildman–Crippen LogP) is 5.18. The van der Waals surface area contributed by atoms with Gasteiger partial charge < -0.3 is 23.8 Å². The second kappa shape index (κ2) is 10.6. The van der Waals surface area contributed by atoms with Crippen molar-refractivity contribution in [3.8, 4) is 17.2 Å². The van der Waals surface area contributed by atoms with Gasteiger partial charge in [0, 0.05) is 36.6 Å². The number of carbonyl (C=O) groups is 1. The summed E-state index contributed by atoms with van der Waals surface area (Å²) in [6.45, 7) is 9.81. The first kappa shape index (κ1) is 23.2. The number of methoxy groups -OCH3 is 3. The topological polar surface area (TPSA) is 69.3 Å². The van der Waals surface area contributed by atoms with Gasteiger partial charge in [0.15, 0.2) is 0 Å². The molecule has 0 fully saturated rings. The number of aryl methyl sites for hydroxylation is 1. The third kappa shape index (κ3) is 5.28. The molecule has 164 valence electrons. The van der Waals surface area contributed by atoms with E-state index in [9.17, 15) is 4.79 Å². The van der Waals surface area contributed by atoms with Gasteiger partial charge in [-0.25, -0.2) is 4.79 Å². The molecule has 30 heavy (non-hydrogen) atoms. The summed E-state index contributed by atoms with van der Waals surface area (Å²) in [5, 5.41) is 2.82. The molecule has 0 radical (unpaired) electrons. The van der Waals surface area contributed by atoms with Gasteiger partial charge in [-0.1, -0.05) is 0 Å². The Balaban J connectivity index is 2.17.